The van der Waals surface area contributed by atoms with Crippen LogP contribution in [0.5, 0.6) is 0 Å². The lowest BCUT2D eigenvalue weighted by Crippen LogP contribution is -2.41. The van der Waals surface area contributed by atoms with Gasteiger partial charge in [-0.15, -0.1) is 0 Å². The first-order valence-corrected chi connectivity index (χ1v) is 4.75. The molecule has 4 heteroatoms. The van der Waals surface area contributed by atoms with Crippen LogP contribution in [0.1, 0.15) is 19.3 Å². The Morgan fingerprint density at radius 2 is 2.31 bits per heavy atom. The molecule has 3 unspecified atom stereocenters. The van der Waals surface area contributed by atoms with Gasteiger partial charge in [-0.25, -0.2) is 4.39 Å². The van der Waals surface area contributed by atoms with Crippen LogP contribution in [0, 0.1) is 5.41 Å². The van der Waals surface area contributed by atoms with Crippen molar-refractivity contribution in [2.75, 3.05) is 19.6 Å². The van der Waals surface area contributed by atoms with Crippen molar-refractivity contribution in [3.8, 4) is 0 Å². The molecule has 3 nitrogen and oxygen atoms in total. The Balaban J connectivity index is 2.27. The van der Waals surface area contributed by atoms with E-state index in [2.05, 4.69) is 4.90 Å². The van der Waals surface area contributed by atoms with Crippen LogP contribution in [0.15, 0.2) is 0 Å². The van der Waals surface area contributed by atoms with Crippen LogP contribution >= 0.6 is 0 Å². The Bertz CT molecular complexity index is 234. The smallest absolute Gasteiger partial charge is 0.313 e. The van der Waals surface area contributed by atoms with Crippen LogP contribution in [-0.4, -0.2) is 41.8 Å². The number of rotatable bonds is 1. The lowest BCUT2D eigenvalue weighted by Gasteiger charge is -2.25. The lowest BCUT2D eigenvalue weighted by atomic mass is 9.81. The molecule has 2 bridgehead atoms. The fourth-order valence-electron chi connectivity index (χ4n) is 2.44. The van der Waals surface area contributed by atoms with E-state index in [9.17, 15) is 9.18 Å². The van der Waals surface area contributed by atoms with Gasteiger partial charge in [-0.1, -0.05) is 0 Å². The van der Waals surface area contributed by atoms with Gasteiger partial charge >= 0.3 is 5.97 Å². The fraction of sp³-hybridized carbons (Fsp3) is 0.889. The highest BCUT2D eigenvalue weighted by Gasteiger charge is 2.52. The average molecular weight is 187 g/mol. The summed E-state index contributed by atoms with van der Waals surface area (Å²) in [5.41, 5.74) is -1.09. The van der Waals surface area contributed by atoms with Crippen molar-refractivity contribution >= 4 is 5.97 Å². The molecule has 0 spiro atoms. The van der Waals surface area contributed by atoms with Crippen LogP contribution in [0.4, 0.5) is 4.39 Å². The number of alkyl halides is 1. The first kappa shape index (κ1) is 8.94. The van der Waals surface area contributed by atoms with E-state index >= 15 is 0 Å². The van der Waals surface area contributed by atoms with Crippen molar-refractivity contribution in [2.24, 2.45) is 5.41 Å². The highest BCUT2D eigenvalue weighted by atomic mass is 19.1. The van der Waals surface area contributed by atoms with Crippen LogP contribution in [0.2, 0.25) is 0 Å². The number of hydrogen-bond acceptors (Lipinski definition) is 2. The third-order valence-electron chi connectivity index (χ3n) is 3.34. The van der Waals surface area contributed by atoms with Crippen molar-refractivity contribution in [2.45, 2.75) is 25.4 Å². The molecule has 0 aromatic carbocycles. The number of halogens is 1. The average Bonchev–Trinajstić information content (AvgIpc) is 2.41. The molecule has 0 aromatic heterocycles. The molecule has 13 heavy (non-hydrogen) atoms. The van der Waals surface area contributed by atoms with Gasteiger partial charge in [0.2, 0.25) is 0 Å². The summed E-state index contributed by atoms with van der Waals surface area (Å²) in [7, 11) is 0. The predicted octanol–water partition coefficient (Wildman–Crippen LogP) is 0.895. The number of hydrogen-bond donors (Lipinski definition) is 1. The topological polar surface area (TPSA) is 40.5 Å². The van der Waals surface area contributed by atoms with Gasteiger partial charge in [-0.05, 0) is 32.4 Å². The Kier molecular flexibility index (Phi) is 2.02. The van der Waals surface area contributed by atoms with Gasteiger partial charge in [-0.3, -0.25) is 4.79 Å². The van der Waals surface area contributed by atoms with E-state index in [1.165, 1.54) is 0 Å². The molecule has 2 fully saturated rings. The van der Waals surface area contributed by atoms with E-state index in [0.717, 1.165) is 19.5 Å². The van der Waals surface area contributed by atoms with Crippen LogP contribution in [-0.2, 0) is 4.79 Å². The molecule has 0 amide bonds. The molecule has 2 saturated heterocycles. The largest absolute Gasteiger partial charge is 0.481 e. The highest BCUT2D eigenvalue weighted by molar-refractivity contribution is 5.76. The van der Waals surface area contributed by atoms with E-state index in [1.54, 1.807) is 0 Å². The quantitative estimate of drug-likeness (QED) is 0.663. The van der Waals surface area contributed by atoms with Crippen molar-refractivity contribution in [3.05, 3.63) is 0 Å². The van der Waals surface area contributed by atoms with E-state index in [1.807, 2.05) is 0 Å². The SMILES string of the molecule is O=C(O)C12CCN(CCCC1F)C2. The highest BCUT2D eigenvalue weighted by Crippen LogP contribution is 2.40. The zero-order chi connectivity index (χ0) is 9.47. The Hall–Kier alpha value is -0.640. The maximum Gasteiger partial charge on any atom is 0.313 e. The Labute approximate surface area is 76.5 Å². The molecule has 0 aliphatic carbocycles. The first-order valence-electron chi connectivity index (χ1n) is 4.75. The number of nitrogens with zero attached hydrogens (tertiary/aromatic N) is 1. The van der Waals surface area contributed by atoms with E-state index in [-0.39, 0.29) is 0 Å². The maximum atomic E-state index is 13.6. The molecular weight excluding hydrogens is 173 g/mol. The number of carboxylic acids is 1. The van der Waals surface area contributed by atoms with Crippen molar-refractivity contribution in [1.82, 2.24) is 4.90 Å². The van der Waals surface area contributed by atoms with Gasteiger partial charge in [0.1, 0.15) is 11.6 Å². The zero-order valence-electron chi connectivity index (χ0n) is 7.50. The zero-order valence-corrected chi connectivity index (χ0v) is 7.50. The molecule has 2 aliphatic rings. The van der Waals surface area contributed by atoms with Crippen LogP contribution in [0.25, 0.3) is 0 Å². The lowest BCUT2D eigenvalue weighted by molar-refractivity contribution is -0.152. The normalized spacial score (nSPS) is 44.4. The second-order valence-electron chi connectivity index (χ2n) is 4.10. The summed E-state index contributed by atoms with van der Waals surface area (Å²) in [5, 5.41) is 9.04. The molecular formula is C9H14FNO2. The predicted molar refractivity (Wildman–Crippen MR) is 45.3 cm³/mol. The van der Waals surface area contributed by atoms with Gasteiger partial charge in [0.05, 0.1) is 0 Å². The van der Waals surface area contributed by atoms with E-state index in [0.29, 0.717) is 19.4 Å². The molecule has 2 heterocycles. The molecule has 0 saturated carbocycles. The monoisotopic (exact) mass is 187 g/mol. The summed E-state index contributed by atoms with van der Waals surface area (Å²) in [6.45, 7) is 2.01. The first-order chi connectivity index (χ1) is 6.15. The molecule has 2 rings (SSSR count). The Morgan fingerprint density at radius 1 is 1.54 bits per heavy atom. The standard InChI is InChI=1S/C9H14FNO2/c10-7-2-1-4-11-5-3-9(7,6-11)8(12)13/h7H,1-6H2,(H,12,13). The van der Waals surface area contributed by atoms with Crippen LogP contribution in [0.3, 0.4) is 0 Å². The fourth-order valence-corrected chi connectivity index (χ4v) is 2.44. The number of carbonyl (C=O) groups is 1. The number of fused-ring (bicyclic) bond motifs is 2. The summed E-state index contributed by atoms with van der Waals surface area (Å²) in [6, 6.07) is 0. The van der Waals surface area contributed by atoms with Gasteiger partial charge in [0.15, 0.2) is 0 Å². The second-order valence-corrected chi connectivity index (χ2v) is 4.10. The summed E-state index contributed by atoms with van der Waals surface area (Å²) < 4.78 is 13.6. The van der Waals surface area contributed by atoms with E-state index < -0.39 is 17.6 Å². The van der Waals surface area contributed by atoms with Gasteiger partial charge in [0.25, 0.3) is 0 Å². The molecule has 74 valence electrons. The minimum absolute atomic E-state index is 0.406. The maximum absolute atomic E-state index is 13.6. The number of carboxylic acid groups (broad SMARTS) is 1. The molecule has 3 atom stereocenters. The Morgan fingerprint density at radius 3 is 3.00 bits per heavy atom. The van der Waals surface area contributed by atoms with Gasteiger partial charge in [-0.2, -0.15) is 0 Å². The molecule has 1 N–H and O–H groups in total. The second kappa shape index (κ2) is 2.94. The van der Waals surface area contributed by atoms with Crippen molar-refractivity contribution in [1.29, 1.82) is 0 Å². The minimum atomic E-state index is -1.16. The van der Waals surface area contributed by atoms with Crippen molar-refractivity contribution in [3.63, 3.8) is 0 Å². The summed E-state index contributed by atoms with van der Waals surface area (Å²) in [5.74, 6) is -0.954. The van der Waals surface area contributed by atoms with Gasteiger partial charge < -0.3 is 10.0 Å². The minimum Gasteiger partial charge on any atom is -0.481 e. The third-order valence-corrected chi connectivity index (χ3v) is 3.34. The van der Waals surface area contributed by atoms with Crippen molar-refractivity contribution < 1.29 is 14.3 Å². The molecule has 0 radical (unpaired) electrons. The molecule has 2 aliphatic heterocycles. The summed E-state index contributed by atoms with van der Waals surface area (Å²) >= 11 is 0. The number of aliphatic carboxylic acids is 1. The van der Waals surface area contributed by atoms with Crippen LogP contribution < -0.4 is 0 Å². The third kappa shape index (κ3) is 1.24. The summed E-state index contributed by atoms with van der Waals surface area (Å²) in [4.78, 5) is 13.1. The molecule has 0 aromatic rings. The van der Waals surface area contributed by atoms with Gasteiger partial charge in [0, 0.05) is 6.54 Å². The summed E-state index contributed by atoms with van der Waals surface area (Å²) in [6.07, 6.45) is 0.514. The van der Waals surface area contributed by atoms with E-state index in [4.69, 9.17) is 5.11 Å².